The van der Waals surface area contributed by atoms with Gasteiger partial charge in [-0.3, -0.25) is 4.99 Å². The van der Waals surface area contributed by atoms with E-state index in [0.29, 0.717) is 17.9 Å². The number of guanidine groups is 1. The molecule has 156 valence electrons. The van der Waals surface area contributed by atoms with E-state index < -0.39 is 0 Å². The zero-order valence-corrected chi connectivity index (χ0v) is 20.0. The second-order valence-electron chi connectivity index (χ2n) is 8.34. The summed E-state index contributed by atoms with van der Waals surface area (Å²) in [5.41, 5.74) is 0. The Balaban J connectivity index is 0.00000625. The van der Waals surface area contributed by atoms with Gasteiger partial charge in [-0.1, -0.05) is 27.7 Å². The van der Waals surface area contributed by atoms with E-state index in [0.717, 1.165) is 37.8 Å². The van der Waals surface area contributed by atoms with Gasteiger partial charge < -0.3 is 20.6 Å². The van der Waals surface area contributed by atoms with Crippen LogP contribution in [0.25, 0.3) is 0 Å². The summed E-state index contributed by atoms with van der Waals surface area (Å²) in [5.74, 6) is 2.80. The van der Waals surface area contributed by atoms with E-state index in [2.05, 4.69) is 50.2 Å². The largest absolute Gasteiger partial charge is 0.396 e. The van der Waals surface area contributed by atoms with Crippen LogP contribution in [0.15, 0.2) is 4.99 Å². The van der Waals surface area contributed by atoms with Gasteiger partial charge in [-0.25, -0.2) is 0 Å². The minimum Gasteiger partial charge on any atom is -0.396 e. The first-order valence-electron chi connectivity index (χ1n) is 10.3. The number of aliphatic imine (C=N–C) groups is 1. The maximum absolute atomic E-state index is 9.28. The Morgan fingerprint density at radius 3 is 2.31 bits per heavy atom. The monoisotopic (exact) mass is 482 g/mol. The van der Waals surface area contributed by atoms with E-state index in [-0.39, 0.29) is 30.6 Å². The molecule has 0 aromatic carbocycles. The Kier molecular flexibility index (Phi) is 14.9. The summed E-state index contributed by atoms with van der Waals surface area (Å²) >= 11 is 0. The quantitative estimate of drug-likeness (QED) is 0.254. The van der Waals surface area contributed by atoms with Crippen molar-refractivity contribution in [1.29, 1.82) is 0 Å². The number of aliphatic hydroxyl groups excluding tert-OH is 1. The molecular formula is C20H43IN4O. The fourth-order valence-electron chi connectivity index (χ4n) is 3.64. The van der Waals surface area contributed by atoms with Crippen molar-refractivity contribution in [3.63, 3.8) is 0 Å². The van der Waals surface area contributed by atoms with Gasteiger partial charge in [0, 0.05) is 45.4 Å². The number of hydrogen-bond acceptors (Lipinski definition) is 3. The number of hydrogen-bond donors (Lipinski definition) is 3. The molecular weight excluding hydrogens is 439 g/mol. The van der Waals surface area contributed by atoms with E-state index in [4.69, 9.17) is 4.99 Å². The van der Waals surface area contributed by atoms with E-state index in [1.807, 2.05) is 0 Å². The molecule has 0 bridgehead atoms. The van der Waals surface area contributed by atoms with Crippen molar-refractivity contribution < 1.29 is 5.11 Å². The molecule has 0 amide bonds. The van der Waals surface area contributed by atoms with Crippen LogP contribution >= 0.6 is 24.0 Å². The van der Waals surface area contributed by atoms with Gasteiger partial charge in [0.1, 0.15) is 0 Å². The fraction of sp³-hybridized carbons (Fsp3) is 0.950. The van der Waals surface area contributed by atoms with Gasteiger partial charge in [-0.15, -0.1) is 24.0 Å². The van der Waals surface area contributed by atoms with Crippen LogP contribution in [-0.4, -0.2) is 61.3 Å². The average molecular weight is 482 g/mol. The lowest BCUT2D eigenvalue weighted by Crippen LogP contribution is -2.49. The molecule has 1 fully saturated rings. The normalized spacial score (nSPS) is 18.1. The zero-order valence-electron chi connectivity index (χ0n) is 17.6. The first kappa shape index (κ1) is 25.9. The topological polar surface area (TPSA) is 59.9 Å². The van der Waals surface area contributed by atoms with Crippen LogP contribution in [0.2, 0.25) is 0 Å². The zero-order chi connectivity index (χ0) is 18.7. The van der Waals surface area contributed by atoms with Crippen LogP contribution in [0, 0.1) is 17.8 Å². The van der Waals surface area contributed by atoms with Crippen molar-refractivity contribution in [1.82, 2.24) is 15.5 Å². The molecule has 0 spiro atoms. The van der Waals surface area contributed by atoms with Gasteiger partial charge in [-0.2, -0.15) is 0 Å². The Morgan fingerprint density at radius 1 is 1.15 bits per heavy atom. The van der Waals surface area contributed by atoms with E-state index in [9.17, 15) is 5.11 Å². The molecule has 6 heteroatoms. The third-order valence-corrected chi connectivity index (χ3v) is 4.75. The first-order valence-corrected chi connectivity index (χ1v) is 10.3. The third-order valence-electron chi connectivity index (χ3n) is 4.75. The van der Waals surface area contributed by atoms with Gasteiger partial charge in [0.05, 0.1) is 0 Å². The van der Waals surface area contributed by atoms with Crippen molar-refractivity contribution in [3.8, 4) is 0 Å². The lowest BCUT2D eigenvalue weighted by atomic mass is 9.94. The number of aliphatic hydroxyl groups is 1. The molecule has 0 aliphatic carbocycles. The van der Waals surface area contributed by atoms with Gasteiger partial charge in [-0.05, 0) is 50.4 Å². The van der Waals surface area contributed by atoms with Crippen LogP contribution in [0.4, 0.5) is 0 Å². The minimum absolute atomic E-state index is 0. The highest BCUT2D eigenvalue weighted by molar-refractivity contribution is 14.0. The molecule has 1 aliphatic rings. The number of rotatable bonds is 10. The van der Waals surface area contributed by atoms with Crippen LogP contribution in [0.1, 0.15) is 60.3 Å². The third kappa shape index (κ3) is 11.6. The first-order chi connectivity index (χ1) is 11.9. The summed E-state index contributed by atoms with van der Waals surface area (Å²) in [6, 6.07) is 0.516. The lowest BCUT2D eigenvalue weighted by Gasteiger charge is -2.34. The Bertz CT molecular complexity index is 369. The standard InChI is InChI=1S/C20H42N4O.HI/c1-6-21-20(22-14-18(9-12-25)13-16(2)3)23-19-7-10-24(11-8-19)15-17(4)5;/h16-19,25H,6-15H2,1-5H3,(H2,21,22,23);1H. The molecule has 26 heavy (non-hydrogen) atoms. The highest BCUT2D eigenvalue weighted by Gasteiger charge is 2.20. The van der Waals surface area contributed by atoms with E-state index in [1.54, 1.807) is 0 Å². The second kappa shape index (κ2) is 14.9. The molecule has 1 heterocycles. The van der Waals surface area contributed by atoms with Gasteiger partial charge >= 0.3 is 0 Å². The molecule has 1 atom stereocenters. The number of nitrogens with one attached hydrogen (secondary N) is 2. The lowest BCUT2D eigenvalue weighted by molar-refractivity contribution is 0.186. The summed E-state index contributed by atoms with van der Waals surface area (Å²) in [5, 5.41) is 16.3. The van der Waals surface area contributed by atoms with Crippen molar-refractivity contribution in [2.45, 2.75) is 66.3 Å². The summed E-state index contributed by atoms with van der Waals surface area (Å²) in [6.45, 7) is 16.7. The number of halogens is 1. The van der Waals surface area contributed by atoms with Crippen LogP contribution in [0.3, 0.4) is 0 Å². The number of piperidine rings is 1. The van der Waals surface area contributed by atoms with Crippen molar-refractivity contribution in [2.24, 2.45) is 22.7 Å². The maximum Gasteiger partial charge on any atom is 0.191 e. The van der Waals surface area contributed by atoms with Gasteiger partial charge in [0.2, 0.25) is 0 Å². The Morgan fingerprint density at radius 2 is 1.81 bits per heavy atom. The van der Waals surface area contributed by atoms with E-state index >= 15 is 0 Å². The van der Waals surface area contributed by atoms with Gasteiger partial charge in [0.15, 0.2) is 5.96 Å². The number of nitrogens with zero attached hydrogens (tertiary/aromatic N) is 2. The predicted octanol–water partition coefficient (Wildman–Crippen LogP) is 3.32. The molecule has 5 nitrogen and oxygen atoms in total. The van der Waals surface area contributed by atoms with Crippen LogP contribution < -0.4 is 10.6 Å². The highest BCUT2D eigenvalue weighted by Crippen LogP contribution is 2.16. The van der Waals surface area contributed by atoms with E-state index in [1.165, 1.54) is 32.5 Å². The molecule has 3 N–H and O–H groups in total. The minimum atomic E-state index is 0. The van der Waals surface area contributed by atoms with Crippen molar-refractivity contribution >= 4 is 29.9 Å². The molecule has 0 saturated carbocycles. The van der Waals surface area contributed by atoms with Crippen molar-refractivity contribution in [3.05, 3.63) is 0 Å². The summed E-state index contributed by atoms with van der Waals surface area (Å²) in [4.78, 5) is 7.39. The molecule has 1 rings (SSSR count). The SMILES string of the molecule is CCNC(=NCC(CCO)CC(C)C)NC1CCN(CC(C)C)CC1.I. The van der Waals surface area contributed by atoms with Crippen LogP contribution in [0.5, 0.6) is 0 Å². The summed E-state index contributed by atoms with van der Waals surface area (Å²) in [6.07, 6.45) is 4.33. The van der Waals surface area contributed by atoms with Crippen molar-refractivity contribution in [2.75, 3.05) is 39.3 Å². The molecule has 1 aliphatic heterocycles. The molecule has 0 aromatic heterocycles. The number of likely N-dealkylation sites (tertiary alicyclic amines) is 1. The second-order valence-corrected chi connectivity index (χ2v) is 8.34. The maximum atomic E-state index is 9.28. The molecule has 1 unspecified atom stereocenters. The molecule has 0 radical (unpaired) electrons. The summed E-state index contributed by atoms with van der Waals surface area (Å²) in [7, 11) is 0. The molecule has 1 saturated heterocycles. The van der Waals surface area contributed by atoms with Gasteiger partial charge in [0.25, 0.3) is 0 Å². The summed E-state index contributed by atoms with van der Waals surface area (Å²) < 4.78 is 0. The Hall–Kier alpha value is -0.0800. The fourth-order valence-corrected chi connectivity index (χ4v) is 3.64. The highest BCUT2D eigenvalue weighted by atomic mass is 127. The Labute approximate surface area is 178 Å². The predicted molar refractivity (Wildman–Crippen MR) is 123 cm³/mol. The van der Waals surface area contributed by atoms with Crippen LogP contribution in [-0.2, 0) is 0 Å². The average Bonchev–Trinajstić information content (AvgIpc) is 2.53. The molecule has 0 aromatic rings. The smallest absolute Gasteiger partial charge is 0.191 e.